The molecule has 0 atom stereocenters. The van der Waals surface area contributed by atoms with Crippen LogP contribution in [0.3, 0.4) is 0 Å². The fraction of sp³-hybridized carbons (Fsp3) is 0.0435. The molecule has 28 heavy (non-hydrogen) atoms. The molecule has 5 heteroatoms. The maximum atomic E-state index is 4.58. The Morgan fingerprint density at radius 2 is 1.68 bits per heavy atom. The van der Waals surface area contributed by atoms with Crippen molar-refractivity contribution in [2.75, 3.05) is 11.7 Å². The van der Waals surface area contributed by atoms with Gasteiger partial charge in [-0.3, -0.25) is 5.43 Å². The molecule has 0 aliphatic heterocycles. The molecule has 138 valence electrons. The first-order chi connectivity index (χ1) is 13.8. The molecule has 0 unspecified atom stereocenters. The maximum Gasteiger partial charge on any atom is 0.203 e. The molecule has 0 spiro atoms. The van der Waals surface area contributed by atoms with Gasteiger partial charge in [0.25, 0.3) is 0 Å². The predicted molar refractivity (Wildman–Crippen MR) is 122 cm³/mol. The van der Waals surface area contributed by atoms with E-state index in [1.165, 1.54) is 16.0 Å². The average molecular weight is 402 g/mol. The SMILES string of the molecule is CSc1ccc(-c2cccc(C=NNc3nc(-c4ccccc4)cs3)c2)cc1. The molecule has 1 N–H and O–H groups in total. The second-order valence-corrected chi connectivity index (χ2v) is 7.87. The topological polar surface area (TPSA) is 37.3 Å². The number of thioether (sulfide) groups is 1. The van der Waals surface area contributed by atoms with Crippen molar-refractivity contribution in [3.05, 3.63) is 89.8 Å². The lowest BCUT2D eigenvalue weighted by molar-refractivity contribution is 1.29. The van der Waals surface area contributed by atoms with Crippen LogP contribution in [0.5, 0.6) is 0 Å². The van der Waals surface area contributed by atoms with Crippen LogP contribution >= 0.6 is 23.1 Å². The molecule has 0 saturated heterocycles. The van der Waals surface area contributed by atoms with Crippen LogP contribution in [0.4, 0.5) is 5.13 Å². The zero-order valence-corrected chi connectivity index (χ0v) is 17.0. The van der Waals surface area contributed by atoms with Crippen LogP contribution in [0.2, 0.25) is 0 Å². The first-order valence-corrected chi connectivity index (χ1v) is 11.0. The predicted octanol–water partition coefficient (Wildman–Crippen LogP) is 6.65. The Balaban J connectivity index is 1.44. The summed E-state index contributed by atoms with van der Waals surface area (Å²) in [5, 5.41) is 7.16. The minimum absolute atomic E-state index is 0.777. The summed E-state index contributed by atoms with van der Waals surface area (Å²) in [5.74, 6) is 0. The maximum absolute atomic E-state index is 4.58. The van der Waals surface area contributed by atoms with E-state index in [9.17, 15) is 0 Å². The first-order valence-electron chi connectivity index (χ1n) is 8.86. The number of nitrogens with one attached hydrogen (secondary N) is 1. The van der Waals surface area contributed by atoms with Crippen LogP contribution in [0.15, 0.2) is 94.2 Å². The van der Waals surface area contributed by atoms with Crippen LogP contribution in [-0.2, 0) is 0 Å². The third-order valence-electron chi connectivity index (χ3n) is 4.26. The van der Waals surface area contributed by atoms with Gasteiger partial charge in [0.2, 0.25) is 5.13 Å². The van der Waals surface area contributed by atoms with Crippen molar-refractivity contribution in [1.29, 1.82) is 0 Å². The molecule has 3 aromatic carbocycles. The number of nitrogens with zero attached hydrogens (tertiary/aromatic N) is 2. The van der Waals surface area contributed by atoms with Gasteiger partial charge in [-0.05, 0) is 41.1 Å². The Morgan fingerprint density at radius 1 is 0.893 bits per heavy atom. The summed E-state index contributed by atoms with van der Waals surface area (Å²) in [4.78, 5) is 5.85. The number of thiazole rings is 1. The Kier molecular flexibility index (Phi) is 5.85. The molecule has 0 amide bonds. The number of rotatable bonds is 6. The first kappa shape index (κ1) is 18.5. The normalized spacial score (nSPS) is 11.0. The van der Waals surface area contributed by atoms with Gasteiger partial charge in [-0.25, -0.2) is 4.98 Å². The summed E-state index contributed by atoms with van der Waals surface area (Å²) in [6.07, 6.45) is 3.91. The van der Waals surface area contributed by atoms with Crippen molar-refractivity contribution < 1.29 is 0 Å². The van der Waals surface area contributed by atoms with Gasteiger partial charge in [0.15, 0.2) is 0 Å². The van der Waals surface area contributed by atoms with E-state index in [2.05, 4.69) is 76.4 Å². The summed E-state index contributed by atoms with van der Waals surface area (Å²) in [6, 6.07) is 27.1. The van der Waals surface area contributed by atoms with E-state index in [0.717, 1.165) is 22.0 Å². The molecule has 1 heterocycles. The van der Waals surface area contributed by atoms with E-state index in [1.54, 1.807) is 23.1 Å². The zero-order chi connectivity index (χ0) is 19.2. The molecule has 0 radical (unpaired) electrons. The largest absolute Gasteiger partial charge is 0.253 e. The number of anilines is 1. The molecule has 0 bridgehead atoms. The van der Waals surface area contributed by atoms with E-state index in [1.807, 2.05) is 35.9 Å². The number of aromatic nitrogens is 1. The van der Waals surface area contributed by atoms with Gasteiger partial charge in [-0.2, -0.15) is 5.10 Å². The van der Waals surface area contributed by atoms with Gasteiger partial charge < -0.3 is 0 Å². The molecule has 3 nitrogen and oxygen atoms in total. The van der Waals surface area contributed by atoms with Gasteiger partial charge in [-0.15, -0.1) is 23.1 Å². The molecule has 0 aliphatic rings. The standard InChI is InChI=1S/C23H19N3S2/c1-27-21-12-10-18(11-13-21)20-9-5-6-17(14-20)15-24-26-23-25-22(16-28-23)19-7-3-2-4-8-19/h2-16H,1H3,(H,25,26). The van der Waals surface area contributed by atoms with Crippen molar-refractivity contribution in [3.8, 4) is 22.4 Å². The van der Waals surface area contributed by atoms with Crippen molar-refractivity contribution >= 4 is 34.4 Å². The van der Waals surface area contributed by atoms with Crippen molar-refractivity contribution in [2.24, 2.45) is 5.10 Å². The lowest BCUT2D eigenvalue weighted by atomic mass is 10.0. The summed E-state index contributed by atoms with van der Waals surface area (Å²) in [5.41, 5.74) is 8.52. The Bertz CT molecular complexity index is 1070. The highest BCUT2D eigenvalue weighted by atomic mass is 32.2. The quantitative estimate of drug-likeness (QED) is 0.223. The molecule has 4 aromatic rings. The molecular weight excluding hydrogens is 382 g/mol. The van der Waals surface area contributed by atoms with Crippen LogP contribution in [0.1, 0.15) is 5.56 Å². The highest BCUT2D eigenvalue weighted by Gasteiger charge is 2.03. The number of hydrogen-bond acceptors (Lipinski definition) is 5. The second kappa shape index (κ2) is 8.87. The van der Waals surface area contributed by atoms with Crippen molar-refractivity contribution in [1.82, 2.24) is 4.98 Å². The summed E-state index contributed by atoms with van der Waals surface area (Å²) in [6.45, 7) is 0. The van der Waals surface area contributed by atoms with Crippen LogP contribution in [-0.4, -0.2) is 17.5 Å². The van der Waals surface area contributed by atoms with Crippen molar-refractivity contribution in [2.45, 2.75) is 4.90 Å². The second-order valence-electron chi connectivity index (χ2n) is 6.13. The van der Waals surface area contributed by atoms with Crippen LogP contribution in [0, 0.1) is 0 Å². The van der Waals surface area contributed by atoms with Crippen molar-refractivity contribution in [3.63, 3.8) is 0 Å². The smallest absolute Gasteiger partial charge is 0.203 e. The van der Waals surface area contributed by atoms with E-state index < -0.39 is 0 Å². The van der Waals surface area contributed by atoms with Gasteiger partial charge in [0, 0.05) is 15.8 Å². The number of hydrogen-bond donors (Lipinski definition) is 1. The van der Waals surface area contributed by atoms with E-state index >= 15 is 0 Å². The van der Waals surface area contributed by atoms with Gasteiger partial charge >= 0.3 is 0 Å². The number of benzene rings is 3. The summed E-state index contributed by atoms with van der Waals surface area (Å²) < 4.78 is 0. The van der Waals surface area contributed by atoms with E-state index in [4.69, 9.17) is 0 Å². The molecule has 0 aliphatic carbocycles. The molecule has 4 rings (SSSR count). The third kappa shape index (κ3) is 4.50. The van der Waals surface area contributed by atoms with Gasteiger partial charge in [0.05, 0.1) is 11.9 Å². The average Bonchev–Trinajstić information content (AvgIpc) is 3.24. The van der Waals surface area contributed by atoms with E-state index in [-0.39, 0.29) is 0 Å². The zero-order valence-electron chi connectivity index (χ0n) is 15.4. The highest BCUT2D eigenvalue weighted by Crippen LogP contribution is 2.25. The fourth-order valence-electron chi connectivity index (χ4n) is 2.81. The lowest BCUT2D eigenvalue weighted by Gasteiger charge is -2.04. The minimum atomic E-state index is 0.777. The summed E-state index contributed by atoms with van der Waals surface area (Å²) >= 11 is 3.30. The summed E-state index contributed by atoms with van der Waals surface area (Å²) in [7, 11) is 0. The van der Waals surface area contributed by atoms with Crippen LogP contribution in [0.25, 0.3) is 22.4 Å². The Labute approximate surface area is 173 Å². The fourth-order valence-corrected chi connectivity index (χ4v) is 3.89. The molecule has 0 fully saturated rings. The van der Waals surface area contributed by atoms with Crippen LogP contribution < -0.4 is 5.43 Å². The minimum Gasteiger partial charge on any atom is -0.253 e. The molecular formula is C23H19N3S2. The third-order valence-corrected chi connectivity index (χ3v) is 5.75. The Morgan fingerprint density at radius 3 is 2.46 bits per heavy atom. The lowest BCUT2D eigenvalue weighted by Crippen LogP contribution is -1.90. The molecule has 0 saturated carbocycles. The number of hydrazone groups is 1. The van der Waals surface area contributed by atoms with Gasteiger partial charge in [0.1, 0.15) is 0 Å². The molecule has 1 aromatic heterocycles. The van der Waals surface area contributed by atoms with E-state index in [0.29, 0.717) is 0 Å². The van der Waals surface area contributed by atoms with Gasteiger partial charge in [-0.1, -0.05) is 60.7 Å². The highest BCUT2D eigenvalue weighted by molar-refractivity contribution is 7.98. The Hall–Kier alpha value is -2.89. The monoisotopic (exact) mass is 401 g/mol.